The van der Waals surface area contributed by atoms with Gasteiger partial charge in [0, 0.05) is 16.1 Å². The van der Waals surface area contributed by atoms with Gasteiger partial charge in [0.1, 0.15) is 0 Å². The van der Waals surface area contributed by atoms with Crippen LogP contribution in [0.1, 0.15) is 22.3 Å². The smallest absolute Gasteiger partial charge is 0.0187 e. The van der Waals surface area contributed by atoms with Gasteiger partial charge < -0.3 is 0 Å². The average molecular weight is 396 g/mol. The van der Waals surface area contributed by atoms with Crippen molar-refractivity contribution in [2.24, 2.45) is 0 Å². The molecule has 0 N–H and O–H groups in total. The first kappa shape index (κ1) is 15.8. The molecule has 0 aromatic heterocycles. The summed E-state index contributed by atoms with van der Waals surface area (Å²) in [6, 6.07) is 17.7. The van der Waals surface area contributed by atoms with Crippen molar-refractivity contribution < 1.29 is 0 Å². The van der Waals surface area contributed by atoms with E-state index in [0.29, 0.717) is 0 Å². The highest BCUT2D eigenvalue weighted by Gasteiger charge is 2.30. The van der Waals surface area contributed by atoms with E-state index in [-0.39, 0.29) is 5.41 Å². The number of aryl methyl sites for hydroxylation is 2. The summed E-state index contributed by atoms with van der Waals surface area (Å²) in [7, 11) is 0. The second kappa shape index (κ2) is 6.91. The summed E-state index contributed by atoms with van der Waals surface area (Å²) in [6.07, 6.45) is 1.03. The maximum Gasteiger partial charge on any atom is 0.0187 e. The molecule has 0 saturated heterocycles. The van der Waals surface area contributed by atoms with E-state index in [1.165, 1.54) is 22.3 Å². The van der Waals surface area contributed by atoms with Gasteiger partial charge in [0.25, 0.3) is 0 Å². The first-order chi connectivity index (χ1) is 9.59. The minimum absolute atomic E-state index is 0.0985. The summed E-state index contributed by atoms with van der Waals surface area (Å²) in [5.41, 5.74) is 5.51. The molecule has 0 heterocycles. The number of halogens is 2. The molecule has 0 aliphatic rings. The summed E-state index contributed by atoms with van der Waals surface area (Å²) in [4.78, 5) is 0. The Morgan fingerprint density at radius 2 is 1.50 bits per heavy atom. The van der Waals surface area contributed by atoms with Gasteiger partial charge in [0.2, 0.25) is 0 Å². The van der Waals surface area contributed by atoms with Crippen LogP contribution in [-0.4, -0.2) is 10.7 Å². The van der Waals surface area contributed by atoms with E-state index in [9.17, 15) is 0 Å². The van der Waals surface area contributed by atoms with Crippen LogP contribution in [0.15, 0.2) is 48.5 Å². The van der Waals surface area contributed by atoms with Crippen LogP contribution in [0.2, 0.25) is 0 Å². The Bertz CT molecular complexity index is 554. The third-order valence-electron chi connectivity index (χ3n) is 3.81. The zero-order valence-electron chi connectivity index (χ0n) is 12.0. The molecule has 0 unspecified atom stereocenters. The van der Waals surface area contributed by atoms with Crippen molar-refractivity contribution in [2.75, 3.05) is 10.7 Å². The predicted octanol–water partition coefficient (Wildman–Crippen LogP) is 5.57. The van der Waals surface area contributed by atoms with Crippen molar-refractivity contribution in [3.63, 3.8) is 0 Å². The topological polar surface area (TPSA) is 0 Å². The Hall–Kier alpha value is -0.600. The molecular weight excluding hydrogens is 376 g/mol. The fourth-order valence-electron chi connectivity index (χ4n) is 2.46. The molecule has 2 aromatic rings. The molecule has 0 radical (unpaired) electrons. The zero-order chi connectivity index (χ0) is 14.6. The lowest BCUT2D eigenvalue weighted by Gasteiger charge is -2.31. The van der Waals surface area contributed by atoms with Crippen LogP contribution in [0.25, 0.3) is 0 Å². The third-order valence-corrected chi connectivity index (χ3v) is 5.95. The summed E-state index contributed by atoms with van der Waals surface area (Å²) in [5, 5.41) is 1.89. The van der Waals surface area contributed by atoms with Gasteiger partial charge in [0.15, 0.2) is 0 Å². The van der Waals surface area contributed by atoms with E-state index in [1.807, 2.05) is 0 Å². The molecule has 0 atom stereocenters. The van der Waals surface area contributed by atoms with Gasteiger partial charge in [-0.1, -0.05) is 91.5 Å². The second-order valence-corrected chi connectivity index (χ2v) is 6.70. The molecule has 0 amide bonds. The van der Waals surface area contributed by atoms with Crippen LogP contribution in [0, 0.1) is 13.8 Å². The van der Waals surface area contributed by atoms with Crippen LogP contribution in [0.5, 0.6) is 0 Å². The van der Waals surface area contributed by atoms with Crippen LogP contribution in [-0.2, 0) is 11.8 Å². The van der Waals surface area contributed by atoms with Gasteiger partial charge in [-0.25, -0.2) is 0 Å². The maximum absolute atomic E-state index is 3.74. The van der Waals surface area contributed by atoms with Crippen LogP contribution >= 0.6 is 31.9 Å². The van der Waals surface area contributed by atoms with Crippen LogP contribution in [0.4, 0.5) is 0 Å². The molecule has 0 spiro atoms. The molecular formula is C18H20Br2. The highest BCUT2D eigenvalue weighted by atomic mass is 79.9. The van der Waals surface area contributed by atoms with Gasteiger partial charge in [-0.3, -0.25) is 0 Å². The number of hydrogen-bond acceptors (Lipinski definition) is 0. The molecule has 0 saturated carbocycles. The van der Waals surface area contributed by atoms with E-state index in [0.717, 1.165) is 17.1 Å². The Morgan fingerprint density at radius 1 is 0.850 bits per heavy atom. The lowest BCUT2D eigenvalue weighted by Crippen LogP contribution is -2.33. The molecule has 2 heteroatoms. The van der Waals surface area contributed by atoms with Gasteiger partial charge in [-0.05, 0) is 31.4 Å². The SMILES string of the molecule is Cc1ccc(CC(CBr)(CBr)c2cccc(C)c2)cc1. The third kappa shape index (κ3) is 3.53. The molecule has 2 aromatic carbocycles. The molecule has 0 aliphatic carbocycles. The van der Waals surface area contributed by atoms with Gasteiger partial charge in [0.05, 0.1) is 0 Å². The Labute approximate surface area is 138 Å². The first-order valence-electron chi connectivity index (χ1n) is 6.84. The standard InChI is InChI=1S/C18H20Br2/c1-14-6-8-16(9-7-14)11-18(12-19,13-20)17-5-3-4-15(2)10-17/h3-10H,11-13H2,1-2H3. The molecule has 0 aliphatic heterocycles. The Kier molecular flexibility index (Phi) is 5.45. The van der Waals surface area contributed by atoms with Crippen LogP contribution in [0.3, 0.4) is 0 Å². The largest absolute Gasteiger partial charge is 0.0918 e. The fraction of sp³-hybridized carbons (Fsp3) is 0.333. The molecule has 0 bridgehead atoms. The van der Waals surface area contributed by atoms with Crippen molar-refractivity contribution in [1.82, 2.24) is 0 Å². The Morgan fingerprint density at radius 3 is 2.05 bits per heavy atom. The minimum atomic E-state index is 0.0985. The minimum Gasteiger partial charge on any atom is -0.0918 e. The van der Waals surface area contributed by atoms with Crippen molar-refractivity contribution in [3.05, 3.63) is 70.8 Å². The maximum atomic E-state index is 3.74. The van der Waals surface area contributed by atoms with Crippen molar-refractivity contribution in [2.45, 2.75) is 25.7 Å². The summed E-state index contributed by atoms with van der Waals surface area (Å²) in [5.74, 6) is 0. The fourth-order valence-corrected chi connectivity index (χ4v) is 4.43. The number of hydrogen-bond donors (Lipinski definition) is 0. The average Bonchev–Trinajstić information content (AvgIpc) is 2.47. The summed E-state index contributed by atoms with van der Waals surface area (Å²) < 4.78 is 0. The van der Waals surface area contributed by atoms with E-state index in [2.05, 4.69) is 94.2 Å². The van der Waals surface area contributed by atoms with Crippen molar-refractivity contribution >= 4 is 31.9 Å². The number of alkyl halides is 2. The molecule has 0 fully saturated rings. The van der Waals surface area contributed by atoms with E-state index in [1.54, 1.807) is 0 Å². The summed E-state index contributed by atoms with van der Waals surface area (Å²) >= 11 is 7.47. The lowest BCUT2D eigenvalue weighted by molar-refractivity contribution is 0.550. The monoisotopic (exact) mass is 394 g/mol. The van der Waals surface area contributed by atoms with Gasteiger partial charge in [-0.15, -0.1) is 0 Å². The summed E-state index contributed by atoms with van der Waals surface area (Å²) in [6.45, 7) is 4.29. The number of benzene rings is 2. The normalized spacial score (nSPS) is 11.6. The predicted molar refractivity (Wildman–Crippen MR) is 95.3 cm³/mol. The molecule has 20 heavy (non-hydrogen) atoms. The van der Waals surface area contributed by atoms with Gasteiger partial charge in [-0.2, -0.15) is 0 Å². The molecule has 2 rings (SSSR count). The Balaban J connectivity index is 2.36. The highest BCUT2D eigenvalue weighted by molar-refractivity contribution is 9.09. The molecule has 106 valence electrons. The number of rotatable bonds is 5. The van der Waals surface area contributed by atoms with E-state index >= 15 is 0 Å². The first-order valence-corrected chi connectivity index (χ1v) is 9.08. The zero-order valence-corrected chi connectivity index (χ0v) is 15.2. The van der Waals surface area contributed by atoms with E-state index in [4.69, 9.17) is 0 Å². The molecule has 0 nitrogen and oxygen atoms in total. The lowest BCUT2D eigenvalue weighted by atomic mass is 9.78. The highest BCUT2D eigenvalue weighted by Crippen LogP contribution is 2.33. The quantitative estimate of drug-likeness (QED) is 0.580. The van der Waals surface area contributed by atoms with Crippen LogP contribution < -0.4 is 0 Å². The van der Waals surface area contributed by atoms with Gasteiger partial charge >= 0.3 is 0 Å². The van der Waals surface area contributed by atoms with Crippen molar-refractivity contribution in [3.8, 4) is 0 Å². The van der Waals surface area contributed by atoms with Crippen molar-refractivity contribution in [1.29, 1.82) is 0 Å². The van der Waals surface area contributed by atoms with E-state index < -0.39 is 0 Å². The second-order valence-electron chi connectivity index (χ2n) is 5.58.